The molecule has 0 fully saturated rings. The molecule has 212 valence electrons. The second-order valence-electron chi connectivity index (χ2n) is 9.65. The van der Waals surface area contributed by atoms with Crippen LogP contribution in [0.3, 0.4) is 0 Å². The molecule has 0 bridgehead atoms. The van der Waals surface area contributed by atoms with Gasteiger partial charge in [0, 0.05) is 24.0 Å². The topological polar surface area (TPSA) is 122 Å². The minimum Gasteiger partial charge on any atom is -0.467 e. The maximum atomic E-state index is 13.9. The number of aliphatic hydroxyl groups excluding tert-OH is 1. The summed E-state index contributed by atoms with van der Waals surface area (Å²) in [6.45, 7) is 2.25. The molecule has 1 aliphatic rings. The number of methoxy groups -OCH3 is 2. The molecule has 0 amide bonds. The molecule has 3 aromatic rings. The number of ether oxygens (including phenoxy) is 2. The number of carbonyl (C=O) groups is 2. The van der Waals surface area contributed by atoms with Gasteiger partial charge in [0.05, 0.1) is 30.9 Å². The fourth-order valence-corrected chi connectivity index (χ4v) is 6.96. The lowest BCUT2D eigenvalue weighted by molar-refractivity contribution is -0.160. The van der Waals surface area contributed by atoms with E-state index in [9.17, 15) is 23.1 Å². The number of rotatable bonds is 10. The van der Waals surface area contributed by atoms with Crippen molar-refractivity contribution >= 4 is 39.3 Å². The molecule has 0 aromatic heterocycles. The Labute approximate surface area is 238 Å². The van der Waals surface area contributed by atoms with Crippen molar-refractivity contribution in [3.63, 3.8) is 0 Å². The van der Waals surface area contributed by atoms with E-state index in [0.717, 1.165) is 24.1 Å². The number of esters is 2. The van der Waals surface area contributed by atoms with Crippen LogP contribution in [-0.2, 0) is 41.9 Å². The standard InChI is InChI=1S/C29H31ClN2O7S/c1-19(31-18-26(33)21-8-7-9-23(30)16-21)14-20-12-13-25-22(15-20)17-29(27(34)38-2,28(35)39-3)32(25)40(36,37)24-10-5-4-6-11-24/h4-13,15-16,19,26,31,33H,14,17-18H2,1-3H3/t19?,26-/m0/s1. The van der Waals surface area contributed by atoms with Gasteiger partial charge in [-0.2, -0.15) is 0 Å². The summed E-state index contributed by atoms with van der Waals surface area (Å²) in [4.78, 5) is 26.3. The molecule has 11 heteroatoms. The SMILES string of the molecule is COC(=O)C1(C(=O)OC)Cc2cc(CC(C)NC[C@H](O)c3cccc(Cl)c3)ccc2N1S(=O)(=O)c1ccccc1. The van der Waals surface area contributed by atoms with Crippen molar-refractivity contribution in [3.05, 3.63) is 94.5 Å². The van der Waals surface area contributed by atoms with E-state index >= 15 is 0 Å². The van der Waals surface area contributed by atoms with Gasteiger partial charge in [0.2, 0.25) is 0 Å². The van der Waals surface area contributed by atoms with E-state index in [0.29, 0.717) is 29.1 Å². The van der Waals surface area contributed by atoms with Gasteiger partial charge in [0.15, 0.2) is 0 Å². The normalized spacial score (nSPS) is 15.7. The van der Waals surface area contributed by atoms with Crippen LogP contribution in [0.1, 0.15) is 29.7 Å². The summed E-state index contributed by atoms with van der Waals surface area (Å²) in [5.41, 5.74) is -0.0336. The van der Waals surface area contributed by atoms with Crippen LogP contribution in [0.2, 0.25) is 5.02 Å². The number of fused-ring (bicyclic) bond motifs is 1. The minimum absolute atomic E-state index is 0.0663. The largest absolute Gasteiger partial charge is 0.467 e. The number of hydrogen-bond acceptors (Lipinski definition) is 8. The molecule has 0 aliphatic carbocycles. The van der Waals surface area contributed by atoms with Crippen molar-refractivity contribution in [3.8, 4) is 0 Å². The summed E-state index contributed by atoms with van der Waals surface area (Å²) >= 11 is 6.03. The van der Waals surface area contributed by atoms with E-state index in [4.69, 9.17) is 21.1 Å². The van der Waals surface area contributed by atoms with Crippen molar-refractivity contribution < 1.29 is 32.6 Å². The van der Waals surface area contributed by atoms with Crippen LogP contribution in [0.4, 0.5) is 5.69 Å². The van der Waals surface area contributed by atoms with E-state index in [-0.39, 0.29) is 23.0 Å². The molecule has 2 atom stereocenters. The van der Waals surface area contributed by atoms with E-state index < -0.39 is 33.6 Å². The van der Waals surface area contributed by atoms with Crippen molar-refractivity contribution in [2.45, 2.75) is 42.3 Å². The number of hydrogen-bond donors (Lipinski definition) is 2. The van der Waals surface area contributed by atoms with Crippen LogP contribution in [-0.4, -0.2) is 57.8 Å². The molecule has 4 rings (SSSR count). The molecule has 0 radical (unpaired) electrons. The molecule has 1 unspecified atom stereocenters. The summed E-state index contributed by atoms with van der Waals surface area (Å²) in [5, 5.41) is 14.4. The first kappa shape index (κ1) is 29.5. The molecule has 1 heterocycles. The summed E-state index contributed by atoms with van der Waals surface area (Å²) in [6, 6.07) is 19.7. The monoisotopic (exact) mass is 586 g/mol. The zero-order valence-corrected chi connectivity index (χ0v) is 23.9. The molecule has 1 aliphatic heterocycles. The predicted octanol–water partition coefficient (Wildman–Crippen LogP) is 3.43. The van der Waals surface area contributed by atoms with Crippen LogP contribution in [0.15, 0.2) is 77.7 Å². The van der Waals surface area contributed by atoms with Gasteiger partial charge in [-0.05, 0) is 60.4 Å². The summed E-state index contributed by atoms with van der Waals surface area (Å²) in [5.74, 6) is -2.08. The highest BCUT2D eigenvalue weighted by molar-refractivity contribution is 7.93. The van der Waals surface area contributed by atoms with Crippen LogP contribution in [0.25, 0.3) is 0 Å². The van der Waals surface area contributed by atoms with Crippen LogP contribution in [0, 0.1) is 0 Å². The molecule has 0 saturated carbocycles. The smallest absolute Gasteiger partial charge is 0.344 e. The van der Waals surface area contributed by atoms with E-state index in [1.54, 1.807) is 60.7 Å². The highest BCUT2D eigenvalue weighted by Crippen LogP contribution is 2.44. The summed E-state index contributed by atoms with van der Waals surface area (Å²) < 4.78 is 38.5. The highest BCUT2D eigenvalue weighted by atomic mass is 35.5. The van der Waals surface area contributed by atoms with Gasteiger partial charge in [-0.15, -0.1) is 0 Å². The maximum absolute atomic E-state index is 13.9. The second-order valence-corrected chi connectivity index (χ2v) is 11.9. The Morgan fingerprint density at radius 3 is 2.33 bits per heavy atom. The number of aliphatic hydroxyl groups is 1. The lowest BCUT2D eigenvalue weighted by Gasteiger charge is -2.34. The number of sulfonamides is 1. The molecule has 2 N–H and O–H groups in total. The zero-order chi connectivity index (χ0) is 29.1. The average Bonchev–Trinajstić information content (AvgIpc) is 3.31. The Bertz CT molecular complexity index is 1480. The lowest BCUT2D eigenvalue weighted by atomic mass is 9.94. The number of benzene rings is 3. The molecule has 0 spiro atoms. The van der Waals surface area contributed by atoms with Crippen LogP contribution in [0.5, 0.6) is 0 Å². The predicted molar refractivity (Wildman–Crippen MR) is 151 cm³/mol. The van der Waals surface area contributed by atoms with Gasteiger partial charge in [-0.25, -0.2) is 22.3 Å². The number of nitrogens with one attached hydrogen (secondary N) is 1. The second kappa shape index (κ2) is 12.0. The summed E-state index contributed by atoms with van der Waals surface area (Å²) in [6.07, 6.45) is -0.472. The first-order valence-electron chi connectivity index (χ1n) is 12.6. The van der Waals surface area contributed by atoms with Gasteiger partial charge < -0.3 is 19.9 Å². The number of halogens is 1. The van der Waals surface area contributed by atoms with Crippen LogP contribution < -0.4 is 9.62 Å². The fourth-order valence-electron chi connectivity index (χ4n) is 4.99. The number of carbonyl (C=O) groups excluding carboxylic acids is 2. The van der Waals surface area contributed by atoms with E-state index in [1.165, 1.54) is 12.1 Å². The van der Waals surface area contributed by atoms with Gasteiger partial charge >= 0.3 is 11.9 Å². The van der Waals surface area contributed by atoms with Crippen molar-refractivity contribution in [1.82, 2.24) is 5.32 Å². The third kappa shape index (κ3) is 5.57. The Morgan fingerprint density at radius 1 is 1.02 bits per heavy atom. The van der Waals surface area contributed by atoms with Crippen molar-refractivity contribution in [2.24, 2.45) is 0 Å². The molecular formula is C29H31ClN2O7S. The molecular weight excluding hydrogens is 556 g/mol. The van der Waals surface area contributed by atoms with E-state index in [2.05, 4.69) is 5.32 Å². The summed E-state index contributed by atoms with van der Waals surface area (Å²) in [7, 11) is -2.18. The minimum atomic E-state index is -4.37. The Morgan fingerprint density at radius 2 is 1.70 bits per heavy atom. The third-order valence-electron chi connectivity index (χ3n) is 6.92. The van der Waals surface area contributed by atoms with Gasteiger partial charge in [-0.1, -0.05) is 54.1 Å². The first-order chi connectivity index (χ1) is 19.0. The molecule has 3 aromatic carbocycles. The van der Waals surface area contributed by atoms with Crippen LogP contribution >= 0.6 is 11.6 Å². The van der Waals surface area contributed by atoms with Gasteiger partial charge in [0.25, 0.3) is 15.6 Å². The highest BCUT2D eigenvalue weighted by Gasteiger charge is 2.62. The third-order valence-corrected chi connectivity index (χ3v) is 9.01. The first-order valence-corrected chi connectivity index (χ1v) is 14.4. The van der Waals surface area contributed by atoms with Gasteiger partial charge in [-0.3, -0.25) is 0 Å². The van der Waals surface area contributed by atoms with Crippen molar-refractivity contribution in [2.75, 3.05) is 25.1 Å². The van der Waals surface area contributed by atoms with E-state index in [1.807, 2.05) is 6.92 Å². The quantitative estimate of drug-likeness (QED) is 0.274. The number of nitrogens with zero attached hydrogens (tertiary/aromatic N) is 1. The Kier molecular flexibility index (Phi) is 8.84. The Balaban J connectivity index is 1.63. The van der Waals surface area contributed by atoms with Gasteiger partial charge in [0.1, 0.15) is 0 Å². The Hall–Kier alpha value is -3.44. The number of anilines is 1. The molecule has 9 nitrogen and oxygen atoms in total. The zero-order valence-electron chi connectivity index (χ0n) is 22.3. The fraction of sp³-hybridized carbons (Fsp3) is 0.310. The van der Waals surface area contributed by atoms with Crippen molar-refractivity contribution in [1.29, 1.82) is 0 Å². The average molecular weight is 587 g/mol. The molecule has 40 heavy (non-hydrogen) atoms. The maximum Gasteiger partial charge on any atom is 0.344 e. The molecule has 0 saturated heterocycles. The lowest BCUT2D eigenvalue weighted by Crippen LogP contribution is -2.61.